The van der Waals surface area contributed by atoms with E-state index >= 15 is 0 Å². The fraction of sp³-hybridized carbons (Fsp3) is 0.400. The van der Waals surface area contributed by atoms with Crippen molar-refractivity contribution in [1.29, 1.82) is 0 Å². The van der Waals surface area contributed by atoms with Crippen LogP contribution < -0.4 is 0 Å². The van der Waals surface area contributed by atoms with Crippen molar-refractivity contribution in [2.24, 2.45) is 11.8 Å². The number of hydrogen-bond donors (Lipinski definition) is 0. The van der Waals surface area contributed by atoms with Crippen LogP contribution in [0.1, 0.15) is 11.5 Å². The zero-order valence-corrected chi connectivity index (χ0v) is 12.8. The van der Waals surface area contributed by atoms with Crippen LogP contribution >= 0.6 is 11.6 Å². The molecule has 3 heteroatoms. The molecule has 3 atom stereocenters. The van der Waals surface area contributed by atoms with E-state index in [1.165, 1.54) is 5.56 Å². The molecule has 0 saturated heterocycles. The molecular weight excluding hydrogens is 260 g/mol. The van der Waals surface area contributed by atoms with E-state index in [1.807, 2.05) is 24.3 Å². The van der Waals surface area contributed by atoms with Crippen molar-refractivity contribution in [1.82, 2.24) is 0 Å². The summed E-state index contributed by atoms with van der Waals surface area (Å²) in [6, 6.07) is 7.87. The highest BCUT2D eigenvalue weighted by Crippen LogP contribution is 2.53. The van der Waals surface area contributed by atoms with E-state index in [1.54, 1.807) is 0 Å². The van der Waals surface area contributed by atoms with Gasteiger partial charge in [0.05, 0.1) is 8.07 Å². The van der Waals surface area contributed by atoms with Crippen molar-refractivity contribution < 1.29 is 4.79 Å². The van der Waals surface area contributed by atoms with Gasteiger partial charge in [-0.15, -0.1) is 0 Å². The first-order valence-corrected chi connectivity index (χ1v) is 10.3. The first-order chi connectivity index (χ1) is 8.42. The van der Waals surface area contributed by atoms with Gasteiger partial charge >= 0.3 is 0 Å². The Morgan fingerprint density at radius 2 is 1.72 bits per heavy atom. The third-order valence-corrected chi connectivity index (χ3v) is 4.81. The molecule has 0 bridgehead atoms. The summed E-state index contributed by atoms with van der Waals surface area (Å²) in [5.74, 6) is 0.890. The molecule has 1 aliphatic carbocycles. The SMILES string of the molecule is C[Si](C)(C)/C=C/[C@@H]1[C@H](C=O)[C@H]1c1ccc(Cl)cc1. The van der Waals surface area contributed by atoms with E-state index in [0.717, 1.165) is 11.3 Å². The summed E-state index contributed by atoms with van der Waals surface area (Å²) in [5.41, 5.74) is 3.56. The van der Waals surface area contributed by atoms with Crippen LogP contribution in [0.25, 0.3) is 0 Å². The molecule has 1 saturated carbocycles. The number of carbonyl (C=O) groups is 1. The monoisotopic (exact) mass is 278 g/mol. The molecule has 0 N–H and O–H groups in total. The topological polar surface area (TPSA) is 17.1 Å². The van der Waals surface area contributed by atoms with E-state index in [-0.39, 0.29) is 5.92 Å². The molecule has 0 aliphatic heterocycles. The summed E-state index contributed by atoms with van der Waals surface area (Å²) >= 11 is 5.89. The third kappa shape index (κ3) is 3.12. The molecule has 1 fully saturated rings. The second kappa shape index (κ2) is 5.02. The molecule has 0 heterocycles. The number of allylic oxidation sites excluding steroid dienone is 1. The Bertz CT molecular complexity index is 458. The third-order valence-electron chi connectivity index (χ3n) is 3.36. The first-order valence-electron chi connectivity index (χ1n) is 6.32. The van der Waals surface area contributed by atoms with E-state index in [9.17, 15) is 4.79 Å². The quantitative estimate of drug-likeness (QED) is 0.593. The lowest BCUT2D eigenvalue weighted by Crippen LogP contribution is -2.15. The molecule has 2 rings (SSSR count). The van der Waals surface area contributed by atoms with Crippen LogP contribution in [0.15, 0.2) is 36.0 Å². The fourth-order valence-corrected chi connectivity index (χ4v) is 3.24. The number of aldehydes is 1. The van der Waals surface area contributed by atoms with Crippen molar-refractivity contribution in [2.75, 3.05) is 0 Å². The molecule has 0 spiro atoms. The summed E-state index contributed by atoms with van der Waals surface area (Å²) in [5, 5.41) is 0.747. The zero-order valence-electron chi connectivity index (χ0n) is 11.1. The van der Waals surface area contributed by atoms with Crippen molar-refractivity contribution in [3.8, 4) is 0 Å². The molecule has 0 radical (unpaired) electrons. The highest BCUT2D eigenvalue weighted by molar-refractivity contribution is 6.80. The highest BCUT2D eigenvalue weighted by atomic mass is 35.5. The average Bonchev–Trinajstić information content (AvgIpc) is 3.00. The van der Waals surface area contributed by atoms with E-state index in [2.05, 4.69) is 31.4 Å². The second-order valence-corrected chi connectivity index (χ2v) is 11.6. The molecule has 1 aromatic carbocycles. The van der Waals surface area contributed by atoms with Gasteiger partial charge in [-0.2, -0.15) is 0 Å². The van der Waals surface area contributed by atoms with Gasteiger partial charge in [0.25, 0.3) is 0 Å². The second-order valence-electron chi connectivity index (χ2n) is 6.09. The summed E-state index contributed by atoms with van der Waals surface area (Å²) in [4.78, 5) is 11.1. The van der Waals surface area contributed by atoms with Crippen LogP contribution in [0.4, 0.5) is 0 Å². The predicted molar refractivity (Wildman–Crippen MR) is 79.7 cm³/mol. The van der Waals surface area contributed by atoms with E-state index in [0.29, 0.717) is 11.8 Å². The van der Waals surface area contributed by atoms with Crippen LogP contribution in [0.5, 0.6) is 0 Å². The Morgan fingerprint density at radius 3 is 2.22 bits per heavy atom. The number of carbonyl (C=O) groups excluding carboxylic acids is 1. The number of hydrogen-bond acceptors (Lipinski definition) is 1. The van der Waals surface area contributed by atoms with Gasteiger partial charge in [-0.1, -0.05) is 55.2 Å². The van der Waals surface area contributed by atoms with Crippen LogP contribution in [0.3, 0.4) is 0 Å². The van der Waals surface area contributed by atoms with Crippen molar-refractivity contribution in [3.05, 3.63) is 46.6 Å². The number of benzene rings is 1. The molecule has 0 unspecified atom stereocenters. The molecule has 0 amide bonds. The molecule has 1 aliphatic rings. The van der Waals surface area contributed by atoms with Crippen LogP contribution in [-0.4, -0.2) is 14.4 Å². The Morgan fingerprint density at radius 1 is 1.11 bits per heavy atom. The van der Waals surface area contributed by atoms with Crippen molar-refractivity contribution >= 4 is 26.0 Å². The van der Waals surface area contributed by atoms with E-state index < -0.39 is 8.07 Å². The normalized spacial score (nSPS) is 27.4. The Balaban J connectivity index is 2.13. The lowest BCUT2D eigenvalue weighted by atomic mass is 10.1. The molecule has 1 nitrogen and oxygen atoms in total. The van der Waals surface area contributed by atoms with Gasteiger partial charge in [0, 0.05) is 16.9 Å². The lowest BCUT2D eigenvalue weighted by molar-refractivity contribution is -0.109. The minimum atomic E-state index is -1.18. The number of rotatable bonds is 4. The average molecular weight is 279 g/mol. The van der Waals surface area contributed by atoms with Crippen molar-refractivity contribution in [2.45, 2.75) is 25.6 Å². The first kappa shape index (κ1) is 13.6. The Kier molecular flexibility index (Phi) is 3.78. The maximum absolute atomic E-state index is 11.1. The molecule has 0 aromatic heterocycles. The summed E-state index contributed by atoms with van der Waals surface area (Å²) in [6.07, 6.45) is 3.35. The Labute approximate surface area is 115 Å². The Hall–Kier alpha value is -0.863. The minimum Gasteiger partial charge on any atom is -0.303 e. The molecular formula is C15H19ClOSi. The smallest absolute Gasteiger partial charge is 0.124 e. The summed E-state index contributed by atoms with van der Waals surface area (Å²) in [6.45, 7) is 6.91. The maximum atomic E-state index is 11.1. The van der Waals surface area contributed by atoms with Gasteiger partial charge in [0.15, 0.2) is 0 Å². The van der Waals surface area contributed by atoms with Gasteiger partial charge in [-0.3, -0.25) is 0 Å². The standard InChI is InChI=1S/C15H19ClOSi/c1-18(2,3)9-8-13-14(10-17)15(13)11-4-6-12(16)7-5-11/h4-10,13-15H,1-3H3/b9-8+/t13-,14+,15+/m1/s1. The highest BCUT2D eigenvalue weighted by Gasteiger charge is 2.49. The lowest BCUT2D eigenvalue weighted by Gasteiger charge is -2.07. The van der Waals surface area contributed by atoms with Gasteiger partial charge < -0.3 is 4.79 Å². The summed E-state index contributed by atoms with van der Waals surface area (Å²) in [7, 11) is -1.18. The van der Waals surface area contributed by atoms with Gasteiger partial charge in [0.1, 0.15) is 6.29 Å². The van der Waals surface area contributed by atoms with Gasteiger partial charge in [0.2, 0.25) is 0 Å². The van der Waals surface area contributed by atoms with Crippen molar-refractivity contribution in [3.63, 3.8) is 0 Å². The summed E-state index contributed by atoms with van der Waals surface area (Å²) < 4.78 is 0. The van der Waals surface area contributed by atoms with Crippen LogP contribution in [0, 0.1) is 11.8 Å². The molecule has 96 valence electrons. The number of halogens is 1. The minimum absolute atomic E-state index is 0.152. The largest absolute Gasteiger partial charge is 0.303 e. The van der Waals surface area contributed by atoms with Gasteiger partial charge in [-0.25, -0.2) is 0 Å². The zero-order chi connectivity index (χ0) is 13.3. The van der Waals surface area contributed by atoms with Crippen LogP contribution in [0.2, 0.25) is 24.7 Å². The molecule has 18 heavy (non-hydrogen) atoms. The fourth-order valence-electron chi connectivity index (χ4n) is 2.31. The maximum Gasteiger partial charge on any atom is 0.124 e. The van der Waals surface area contributed by atoms with Crippen LogP contribution in [-0.2, 0) is 4.79 Å². The molecule has 1 aromatic rings. The predicted octanol–water partition coefficient (Wildman–Crippen LogP) is 4.30. The van der Waals surface area contributed by atoms with E-state index in [4.69, 9.17) is 11.6 Å². The van der Waals surface area contributed by atoms with Gasteiger partial charge in [-0.05, 0) is 23.6 Å².